The lowest BCUT2D eigenvalue weighted by molar-refractivity contribution is -0.115. The topological polar surface area (TPSA) is 83.8 Å². The van der Waals surface area contributed by atoms with Crippen LogP contribution < -0.4 is 15.5 Å². The highest BCUT2D eigenvalue weighted by Crippen LogP contribution is 2.26. The smallest absolute Gasteiger partial charge is 0.287 e. The fourth-order valence-electron chi connectivity index (χ4n) is 2.51. The molecule has 1 aliphatic rings. The molecule has 2 amide bonds. The monoisotopic (exact) mass is 329 g/mol. The van der Waals surface area contributed by atoms with Gasteiger partial charge in [-0.1, -0.05) is 12.1 Å². The SMILES string of the molecule is O=C(CNC(=O)c1ccco1)Nc1ccccc1N1CCOCC1. The maximum Gasteiger partial charge on any atom is 0.287 e. The molecule has 3 rings (SSSR count). The number of amides is 2. The van der Waals surface area contributed by atoms with Gasteiger partial charge in [-0.15, -0.1) is 0 Å². The van der Waals surface area contributed by atoms with E-state index in [1.165, 1.54) is 6.26 Å². The van der Waals surface area contributed by atoms with Crippen molar-refractivity contribution < 1.29 is 18.7 Å². The number of anilines is 2. The largest absolute Gasteiger partial charge is 0.459 e. The number of hydrogen-bond donors (Lipinski definition) is 2. The molecule has 7 heteroatoms. The van der Waals surface area contributed by atoms with E-state index in [1.807, 2.05) is 24.3 Å². The third-order valence-corrected chi connectivity index (χ3v) is 3.68. The average molecular weight is 329 g/mol. The lowest BCUT2D eigenvalue weighted by atomic mass is 10.2. The fourth-order valence-corrected chi connectivity index (χ4v) is 2.51. The van der Waals surface area contributed by atoms with Gasteiger partial charge in [0.25, 0.3) is 5.91 Å². The highest BCUT2D eigenvalue weighted by atomic mass is 16.5. The van der Waals surface area contributed by atoms with E-state index in [4.69, 9.17) is 9.15 Å². The van der Waals surface area contributed by atoms with Crippen LogP contribution in [-0.4, -0.2) is 44.7 Å². The predicted octanol–water partition coefficient (Wildman–Crippen LogP) is 1.48. The highest BCUT2D eigenvalue weighted by molar-refractivity contribution is 5.99. The molecular formula is C17H19N3O4. The molecule has 2 heterocycles. The van der Waals surface area contributed by atoms with Gasteiger partial charge in [0.1, 0.15) is 0 Å². The molecule has 1 aliphatic heterocycles. The lowest BCUT2D eigenvalue weighted by Gasteiger charge is -2.30. The van der Waals surface area contributed by atoms with Crippen LogP contribution in [0.25, 0.3) is 0 Å². The highest BCUT2D eigenvalue weighted by Gasteiger charge is 2.16. The summed E-state index contributed by atoms with van der Waals surface area (Å²) in [7, 11) is 0. The summed E-state index contributed by atoms with van der Waals surface area (Å²) in [5.74, 6) is -0.538. The summed E-state index contributed by atoms with van der Waals surface area (Å²) < 4.78 is 10.3. The molecule has 0 bridgehead atoms. The molecule has 0 spiro atoms. The van der Waals surface area contributed by atoms with E-state index in [-0.39, 0.29) is 18.2 Å². The number of morpholine rings is 1. The molecule has 1 aromatic heterocycles. The van der Waals surface area contributed by atoms with Crippen LogP contribution in [-0.2, 0) is 9.53 Å². The summed E-state index contributed by atoms with van der Waals surface area (Å²) in [4.78, 5) is 26.1. The zero-order valence-corrected chi connectivity index (χ0v) is 13.2. The molecule has 0 radical (unpaired) electrons. The minimum Gasteiger partial charge on any atom is -0.459 e. The summed E-state index contributed by atoms with van der Waals surface area (Å²) in [5.41, 5.74) is 1.67. The number of ether oxygens (including phenoxy) is 1. The van der Waals surface area contributed by atoms with Crippen molar-refractivity contribution in [3.8, 4) is 0 Å². The second kappa shape index (κ2) is 7.65. The molecule has 24 heavy (non-hydrogen) atoms. The Balaban J connectivity index is 1.59. The molecule has 1 fully saturated rings. The first-order valence-electron chi connectivity index (χ1n) is 7.77. The number of para-hydroxylation sites is 2. The number of rotatable bonds is 5. The van der Waals surface area contributed by atoms with Gasteiger partial charge in [-0.25, -0.2) is 0 Å². The van der Waals surface area contributed by atoms with Crippen LogP contribution in [0.3, 0.4) is 0 Å². The minimum atomic E-state index is -0.420. The zero-order chi connectivity index (χ0) is 16.8. The van der Waals surface area contributed by atoms with Crippen LogP contribution in [0, 0.1) is 0 Å². The second-order valence-electron chi connectivity index (χ2n) is 5.32. The van der Waals surface area contributed by atoms with Crippen LogP contribution in [0.15, 0.2) is 47.1 Å². The first-order valence-corrected chi connectivity index (χ1v) is 7.77. The van der Waals surface area contributed by atoms with E-state index in [9.17, 15) is 9.59 Å². The van der Waals surface area contributed by atoms with Crippen molar-refractivity contribution >= 4 is 23.2 Å². The number of carbonyl (C=O) groups is 2. The summed E-state index contributed by atoms with van der Waals surface area (Å²) in [6.45, 7) is 2.77. The Hall–Kier alpha value is -2.80. The van der Waals surface area contributed by atoms with Gasteiger partial charge in [0.2, 0.25) is 5.91 Å². The minimum absolute atomic E-state index is 0.128. The number of carbonyl (C=O) groups excluding carboxylic acids is 2. The number of furan rings is 1. The van der Waals surface area contributed by atoms with Gasteiger partial charge in [0, 0.05) is 13.1 Å². The molecule has 0 unspecified atom stereocenters. The number of nitrogens with one attached hydrogen (secondary N) is 2. The Labute approximate surface area is 139 Å². The van der Waals surface area contributed by atoms with Crippen LogP contribution in [0.2, 0.25) is 0 Å². The van der Waals surface area contributed by atoms with Gasteiger partial charge < -0.3 is 24.7 Å². The Kier molecular flexibility index (Phi) is 5.12. The fraction of sp³-hybridized carbons (Fsp3) is 0.294. The van der Waals surface area contributed by atoms with Gasteiger partial charge in [-0.05, 0) is 24.3 Å². The average Bonchev–Trinajstić information content (AvgIpc) is 3.16. The summed E-state index contributed by atoms with van der Waals surface area (Å²) in [6.07, 6.45) is 1.41. The molecule has 126 valence electrons. The first-order chi connectivity index (χ1) is 11.7. The lowest BCUT2D eigenvalue weighted by Crippen LogP contribution is -2.37. The van der Waals surface area contributed by atoms with Crippen molar-refractivity contribution in [1.82, 2.24) is 5.32 Å². The standard InChI is InChI=1S/C17H19N3O4/c21-16(12-18-17(22)15-6-3-9-24-15)19-13-4-1-2-5-14(13)20-7-10-23-11-8-20/h1-6,9H,7-8,10-12H2,(H,18,22)(H,19,21). The van der Waals surface area contributed by atoms with Crippen LogP contribution >= 0.6 is 0 Å². The van der Waals surface area contributed by atoms with Crippen molar-refractivity contribution in [3.63, 3.8) is 0 Å². The zero-order valence-electron chi connectivity index (χ0n) is 13.2. The normalized spacial score (nSPS) is 14.2. The van der Waals surface area contributed by atoms with Crippen molar-refractivity contribution in [1.29, 1.82) is 0 Å². The summed E-state index contributed by atoms with van der Waals surface area (Å²) in [5, 5.41) is 5.37. The van der Waals surface area contributed by atoms with E-state index in [0.29, 0.717) is 13.2 Å². The van der Waals surface area contributed by atoms with Gasteiger partial charge in [0.15, 0.2) is 5.76 Å². The Morgan fingerprint density at radius 2 is 1.88 bits per heavy atom. The van der Waals surface area contributed by atoms with Crippen LogP contribution in [0.1, 0.15) is 10.6 Å². The molecule has 7 nitrogen and oxygen atoms in total. The van der Waals surface area contributed by atoms with Gasteiger partial charge in [-0.3, -0.25) is 9.59 Å². The number of hydrogen-bond acceptors (Lipinski definition) is 5. The van der Waals surface area contributed by atoms with E-state index in [1.54, 1.807) is 12.1 Å². The Bertz CT molecular complexity index is 694. The van der Waals surface area contributed by atoms with Crippen molar-refractivity contribution in [2.45, 2.75) is 0 Å². The van der Waals surface area contributed by atoms with Crippen LogP contribution in [0.4, 0.5) is 11.4 Å². The van der Waals surface area contributed by atoms with E-state index >= 15 is 0 Å². The second-order valence-corrected chi connectivity index (χ2v) is 5.32. The van der Waals surface area contributed by atoms with Crippen molar-refractivity contribution in [2.75, 3.05) is 43.1 Å². The quantitative estimate of drug-likeness (QED) is 0.868. The van der Waals surface area contributed by atoms with E-state index in [2.05, 4.69) is 15.5 Å². The summed E-state index contributed by atoms with van der Waals surface area (Å²) in [6, 6.07) is 10.8. The van der Waals surface area contributed by atoms with Crippen molar-refractivity contribution in [2.24, 2.45) is 0 Å². The summed E-state index contributed by atoms with van der Waals surface area (Å²) >= 11 is 0. The molecule has 1 aromatic carbocycles. The van der Waals surface area contributed by atoms with Gasteiger partial charge >= 0.3 is 0 Å². The van der Waals surface area contributed by atoms with Crippen LogP contribution in [0.5, 0.6) is 0 Å². The maximum atomic E-state index is 12.1. The molecule has 2 aromatic rings. The van der Waals surface area contributed by atoms with Gasteiger partial charge in [-0.2, -0.15) is 0 Å². The molecule has 0 saturated carbocycles. The van der Waals surface area contributed by atoms with Gasteiger partial charge in [0.05, 0.1) is 37.4 Å². The van der Waals surface area contributed by atoms with E-state index < -0.39 is 5.91 Å². The Morgan fingerprint density at radius 1 is 1.08 bits per heavy atom. The van der Waals surface area contributed by atoms with Crippen molar-refractivity contribution in [3.05, 3.63) is 48.4 Å². The first kappa shape index (κ1) is 16.1. The molecular weight excluding hydrogens is 310 g/mol. The molecule has 1 saturated heterocycles. The molecule has 0 atom stereocenters. The Morgan fingerprint density at radius 3 is 2.62 bits per heavy atom. The number of nitrogens with zero attached hydrogens (tertiary/aromatic N) is 1. The maximum absolute atomic E-state index is 12.1. The number of benzene rings is 1. The third kappa shape index (κ3) is 3.94. The predicted molar refractivity (Wildman–Crippen MR) is 89.1 cm³/mol. The van der Waals surface area contributed by atoms with E-state index in [0.717, 1.165) is 24.5 Å². The molecule has 2 N–H and O–H groups in total. The molecule has 0 aliphatic carbocycles. The third-order valence-electron chi connectivity index (χ3n) is 3.68.